The highest BCUT2D eigenvalue weighted by Gasteiger charge is 2.23. The quantitative estimate of drug-likeness (QED) is 0.218. The molecule has 0 unspecified atom stereocenters. The maximum Gasteiger partial charge on any atom is 0.407 e. The highest BCUT2D eigenvalue weighted by molar-refractivity contribution is 5.69. The minimum Gasteiger partial charge on any atom is -0.466 e. The van der Waals surface area contributed by atoms with Crippen LogP contribution in [-0.4, -0.2) is 58.1 Å². The molecule has 196 valence electrons. The topological polar surface area (TPSA) is 100 Å². The predicted molar refractivity (Wildman–Crippen MR) is 128 cm³/mol. The minimum atomic E-state index is -0.373. The molecular formula is C26H45NO7. The van der Waals surface area contributed by atoms with Crippen LogP contribution in [0.5, 0.6) is 0 Å². The Morgan fingerprint density at radius 2 is 1.18 bits per heavy atom. The van der Waals surface area contributed by atoms with Crippen molar-refractivity contribution in [2.24, 2.45) is 23.7 Å². The molecule has 2 fully saturated rings. The van der Waals surface area contributed by atoms with E-state index in [-0.39, 0.29) is 18.0 Å². The van der Waals surface area contributed by atoms with E-state index in [1.54, 1.807) is 7.11 Å². The van der Waals surface area contributed by atoms with Crippen molar-refractivity contribution in [2.45, 2.75) is 84.0 Å². The number of alkyl carbamates (subject to hydrolysis) is 1. The fourth-order valence-corrected chi connectivity index (χ4v) is 4.89. The Bertz CT molecular complexity index is 596. The van der Waals surface area contributed by atoms with Crippen LogP contribution < -0.4 is 5.32 Å². The van der Waals surface area contributed by atoms with Crippen molar-refractivity contribution < 1.29 is 33.3 Å². The van der Waals surface area contributed by atoms with Crippen LogP contribution in [0.2, 0.25) is 0 Å². The molecule has 34 heavy (non-hydrogen) atoms. The van der Waals surface area contributed by atoms with Crippen LogP contribution in [0.3, 0.4) is 0 Å². The van der Waals surface area contributed by atoms with E-state index in [0.29, 0.717) is 56.5 Å². The maximum atomic E-state index is 12.0. The summed E-state index contributed by atoms with van der Waals surface area (Å²) in [5.41, 5.74) is 0. The van der Waals surface area contributed by atoms with E-state index in [2.05, 4.69) is 5.32 Å². The van der Waals surface area contributed by atoms with Gasteiger partial charge in [-0.25, -0.2) is 4.79 Å². The first-order chi connectivity index (χ1) is 16.5. The van der Waals surface area contributed by atoms with Crippen molar-refractivity contribution in [1.29, 1.82) is 0 Å². The molecule has 2 aliphatic carbocycles. The lowest BCUT2D eigenvalue weighted by molar-refractivity contribution is -0.145. The van der Waals surface area contributed by atoms with E-state index in [4.69, 9.17) is 18.9 Å². The average molecular weight is 484 g/mol. The molecule has 0 aromatic heterocycles. The van der Waals surface area contributed by atoms with E-state index in [1.807, 2.05) is 0 Å². The van der Waals surface area contributed by atoms with Gasteiger partial charge in [-0.2, -0.15) is 0 Å². The molecule has 0 aromatic carbocycles. The average Bonchev–Trinajstić information content (AvgIpc) is 2.84. The molecule has 0 heterocycles. The number of carbonyl (C=O) groups excluding carboxylic acids is 3. The zero-order valence-electron chi connectivity index (χ0n) is 21.2. The molecule has 2 saturated carbocycles. The van der Waals surface area contributed by atoms with Gasteiger partial charge in [0.2, 0.25) is 0 Å². The highest BCUT2D eigenvalue weighted by Crippen LogP contribution is 2.30. The number of ether oxygens (including phenoxy) is 4. The number of esters is 2. The van der Waals surface area contributed by atoms with Gasteiger partial charge in [0, 0.05) is 33.6 Å². The summed E-state index contributed by atoms with van der Waals surface area (Å²) in [4.78, 5) is 34.7. The maximum absolute atomic E-state index is 12.0. The molecule has 0 spiro atoms. The summed E-state index contributed by atoms with van der Waals surface area (Å²) in [6.45, 7) is 4.29. The Balaban J connectivity index is 1.39. The normalized spacial score (nSPS) is 24.8. The summed E-state index contributed by atoms with van der Waals surface area (Å²) in [6.07, 6.45) is 11.0. The van der Waals surface area contributed by atoms with Crippen molar-refractivity contribution in [3.63, 3.8) is 0 Å². The van der Waals surface area contributed by atoms with Crippen LogP contribution in [0.1, 0.15) is 84.0 Å². The number of hydrogen-bond acceptors (Lipinski definition) is 7. The molecule has 0 aliphatic heterocycles. The molecule has 0 aromatic rings. The third kappa shape index (κ3) is 12.6. The van der Waals surface area contributed by atoms with Crippen LogP contribution in [0.4, 0.5) is 4.79 Å². The van der Waals surface area contributed by atoms with Crippen LogP contribution in [-0.2, 0) is 28.5 Å². The van der Waals surface area contributed by atoms with Crippen LogP contribution in [0.15, 0.2) is 0 Å². The predicted octanol–water partition coefficient (Wildman–Crippen LogP) is 4.64. The summed E-state index contributed by atoms with van der Waals surface area (Å²) in [5.74, 6) is 1.60. The first-order valence-corrected chi connectivity index (χ1v) is 13.1. The monoisotopic (exact) mass is 483 g/mol. The zero-order valence-corrected chi connectivity index (χ0v) is 21.2. The first-order valence-electron chi connectivity index (χ1n) is 13.1. The van der Waals surface area contributed by atoms with Crippen molar-refractivity contribution >= 4 is 18.0 Å². The van der Waals surface area contributed by atoms with E-state index in [0.717, 1.165) is 77.2 Å². The Morgan fingerprint density at radius 1 is 0.676 bits per heavy atom. The van der Waals surface area contributed by atoms with Crippen LogP contribution >= 0.6 is 0 Å². The SMILES string of the molecule is COCC1CCC(COC(=O)CCCCCNC(=O)OCC2CCC(COC(C)=O)CC2)CC1. The van der Waals surface area contributed by atoms with Gasteiger partial charge in [0.25, 0.3) is 0 Å². The van der Waals surface area contributed by atoms with E-state index in [9.17, 15) is 14.4 Å². The zero-order chi connectivity index (χ0) is 24.6. The fraction of sp³-hybridized carbons (Fsp3) is 0.885. The molecule has 2 rings (SSSR count). The fourth-order valence-electron chi connectivity index (χ4n) is 4.89. The lowest BCUT2D eigenvalue weighted by Crippen LogP contribution is -2.29. The Hall–Kier alpha value is -1.83. The molecule has 8 nitrogen and oxygen atoms in total. The molecular weight excluding hydrogens is 438 g/mol. The Labute approximate surface area is 204 Å². The van der Waals surface area contributed by atoms with E-state index in [1.165, 1.54) is 6.92 Å². The first kappa shape index (κ1) is 28.4. The van der Waals surface area contributed by atoms with E-state index < -0.39 is 0 Å². The van der Waals surface area contributed by atoms with Gasteiger partial charge >= 0.3 is 18.0 Å². The lowest BCUT2D eigenvalue weighted by Gasteiger charge is -2.27. The van der Waals surface area contributed by atoms with Crippen molar-refractivity contribution in [1.82, 2.24) is 5.32 Å². The van der Waals surface area contributed by atoms with Gasteiger partial charge in [-0.05, 0) is 87.9 Å². The highest BCUT2D eigenvalue weighted by atomic mass is 16.5. The smallest absolute Gasteiger partial charge is 0.407 e. The molecule has 0 atom stereocenters. The minimum absolute atomic E-state index is 0.117. The summed E-state index contributed by atoms with van der Waals surface area (Å²) in [7, 11) is 1.75. The number of unbranched alkanes of at least 4 members (excludes halogenated alkanes) is 2. The van der Waals surface area contributed by atoms with Crippen molar-refractivity contribution in [2.75, 3.05) is 40.1 Å². The van der Waals surface area contributed by atoms with Gasteiger partial charge in [-0.3, -0.25) is 9.59 Å². The van der Waals surface area contributed by atoms with E-state index >= 15 is 0 Å². The largest absolute Gasteiger partial charge is 0.466 e. The number of amides is 1. The van der Waals surface area contributed by atoms with Gasteiger partial charge in [0.15, 0.2) is 0 Å². The second-order valence-corrected chi connectivity index (χ2v) is 10.1. The number of nitrogens with one attached hydrogen (secondary N) is 1. The summed E-state index contributed by atoms with van der Waals surface area (Å²) in [5, 5.41) is 2.79. The molecule has 0 bridgehead atoms. The van der Waals surface area contributed by atoms with Crippen molar-refractivity contribution in [3.05, 3.63) is 0 Å². The van der Waals surface area contributed by atoms with Gasteiger partial charge < -0.3 is 24.3 Å². The second kappa shape index (κ2) is 16.7. The van der Waals surface area contributed by atoms with Crippen molar-refractivity contribution in [3.8, 4) is 0 Å². The summed E-state index contributed by atoms with van der Waals surface area (Å²) >= 11 is 0. The third-order valence-electron chi connectivity index (χ3n) is 7.11. The molecule has 1 N–H and O–H groups in total. The second-order valence-electron chi connectivity index (χ2n) is 10.1. The summed E-state index contributed by atoms with van der Waals surface area (Å²) < 4.78 is 21.1. The number of rotatable bonds is 14. The Morgan fingerprint density at radius 3 is 1.71 bits per heavy atom. The number of hydrogen-bond donors (Lipinski definition) is 1. The van der Waals surface area contributed by atoms with Gasteiger partial charge in [0.05, 0.1) is 19.8 Å². The molecule has 1 amide bonds. The summed E-state index contributed by atoms with van der Waals surface area (Å²) in [6, 6.07) is 0. The van der Waals surface area contributed by atoms with Gasteiger partial charge in [-0.1, -0.05) is 6.42 Å². The standard InChI is InChI=1S/C26H45NO7/c1-20(28)32-17-22-11-13-24(14-12-22)19-34-26(30)27-15-5-3-4-6-25(29)33-18-23-9-7-21(8-10-23)16-31-2/h21-24H,3-19H2,1-2H3,(H,27,30). The molecule has 8 heteroatoms. The third-order valence-corrected chi connectivity index (χ3v) is 7.11. The number of methoxy groups -OCH3 is 1. The molecule has 0 radical (unpaired) electrons. The van der Waals surface area contributed by atoms with Crippen LogP contribution in [0.25, 0.3) is 0 Å². The molecule has 0 saturated heterocycles. The van der Waals surface area contributed by atoms with Gasteiger partial charge in [0.1, 0.15) is 0 Å². The van der Waals surface area contributed by atoms with Gasteiger partial charge in [-0.15, -0.1) is 0 Å². The lowest BCUT2D eigenvalue weighted by atomic mass is 9.83. The number of carbonyl (C=O) groups is 3. The Kier molecular flexibility index (Phi) is 14.0. The van der Waals surface area contributed by atoms with Crippen LogP contribution in [0, 0.1) is 23.7 Å². The molecule has 2 aliphatic rings.